The maximum Gasteiger partial charge on any atom is 0.326 e. The highest BCUT2D eigenvalue weighted by molar-refractivity contribution is 6.01. The Morgan fingerprint density at radius 1 is 1.05 bits per heavy atom. The van der Waals surface area contributed by atoms with Crippen molar-refractivity contribution in [3.63, 3.8) is 0 Å². The Labute approximate surface area is 228 Å². The lowest BCUT2D eigenvalue weighted by Gasteiger charge is -2.36. The first-order chi connectivity index (χ1) is 18.6. The number of aliphatic carboxylic acids is 1. The van der Waals surface area contributed by atoms with Crippen molar-refractivity contribution in [2.45, 2.75) is 45.2 Å². The van der Waals surface area contributed by atoms with Gasteiger partial charge in [0.05, 0.1) is 5.69 Å². The Hall–Kier alpha value is -4.24. The van der Waals surface area contributed by atoms with Crippen LogP contribution in [0.2, 0.25) is 0 Å². The van der Waals surface area contributed by atoms with Gasteiger partial charge in [-0.15, -0.1) is 0 Å². The van der Waals surface area contributed by atoms with Crippen molar-refractivity contribution in [3.8, 4) is 0 Å². The molecule has 1 aromatic heterocycles. The Balaban J connectivity index is 1.37. The van der Waals surface area contributed by atoms with Crippen LogP contribution in [-0.2, 0) is 11.2 Å². The second-order valence-corrected chi connectivity index (χ2v) is 10.2. The van der Waals surface area contributed by atoms with Crippen molar-refractivity contribution in [3.05, 3.63) is 94.3 Å². The SMILES string of the molecule is Cc1cc(C(N)=O)cc(C)c1C(=O)NC(Cc1ccc(N2CCC(C(N)c3ccccn3)CC2)cc1)C(=O)O. The lowest BCUT2D eigenvalue weighted by atomic mass is 9.87. The zero-order valence-electron chi connectivity index (χ0n) is 22.3. The number of piperidine rings is 1. The number of anilines is 1. The van der Waals surface area contributed by atoms with Crippen LogP contribution in [0.15, 0.2) is 60.8 Å². The summed E-state index contributed by atoms with van der Waals surface area (Å²) in [5.41, 5.74) is 16.4. The minimum Gasteiger partial charge on any atom is -0.480 e. The number of carboxylic acid groups (broad SMARTS) is 1. The maximum absolute atomic E-state index is 13.0. The smallest absolute Gasteiger partial charge is 0.326 e. The van der Waals surface area contributed by atoms with Crippen LogP contribution in [0.25, 0.3) is 0 Å². The van der Waals surface area contributed by atoms with Crippen molar-refractivity contribution in [2.24, 2.45) is 17.4 Å². The number of nitrogens with zero attached hydrogens (tertiary/aromatic N) is 2. The van der Waals surface area contributed by atoms with E-state index in [4.69, 9.17) is 11.5 Å². The van der Waals surface area contributed by atoms with E-state index in [0.717, 1.165) is 42.9 Å². The summed E-state index contributed by atoms with van der Waals surface area (Å²) in [4.78, 5) is 43.2. The molecule has 204 valence electrons. The van der Waals surface area contributed by atoms with E-state index in [-0.39, 0.29) is 12.5 Å². The molecule has 0 saturated carbocycles. The van der Waals surface area contributed by atoms with E-state index in [1.54, 1.807) is 20.0 Å². The molecule has 0 spiro atoms. The molecule has 1 fully saturated rings. The fourth-order valence-electron chi connectivity index (χ4n) is 5.30. The van der Waals surface area contributed by atoms with Crippen LogP contribution in [0, 0.1) is 19.8 Å². The molecule has 9 heteroatoms. The maximum atomic E-state index is 13.0. The van der Waals surface area contributed by atoms with Gasteiger partial charge in [-0.3, -0.25) is 14.6 Å². The van der Waals surface area contributed by atoms with Crippen LogP contribution in [0.5, 0.6) is 0 Å². The van der Waals surface area contributed by atoms with Crippen LogP contribution < -0.4 is 21.7 Å². The summed E-state index contributed by atoms with van der Waals surface area (Å²) >= 11 is 0. The number of hydrogen-bond donors (Lipinski definition) is 4. The zero-order chi connectivity index (χ0) is 28.1. The van der Waals surface area contributed by atoms with Gasteiger partial charge in [0, 0.05) is 48.6 Å². The van der Waals surface area contributed by atoms with Gasteiger partial charge in [-0.25, -0.2) is 4.79 Å². The lowest BCUT2D eigenvalue weighted by Crippen LogP contribution is -2.42. The van der Waals surface area contributed by atoms with Gasteiger partial charge in [0.1, 0.15) is 6.04 Å². The van der Waals surface area contributed by atoms with E-state index in [0.29, 0.717) is 28.2 Å². The van der Waals surface area contributed by atoms with Crippen LogP contribution in [0.1, 0.15) is 62.0 Å². The molecule has 2 atom stereocenters. The molecule has 0 radical (unpaired) electrons. The average molecular weight is 530 g/mol. The summed E-state index contributed by atoms with van der Waals surface area (Å²) in [5, 5.41) is 12.4. The highest BCUT2D eigenvalue weighted by atomic mass is 16.4. The largest absolute Gasteiger partial charge is 0.480 e. The van der Waals surface area contributed by atoms with E-state index >= 15 is 0 Å². The number of carbonyl (C=O) groups is 3. The summed E-state index contributed by atoms with van der Waals surface area (Å²) < 4.78 is 0. The normalized spacial score (nSPS) is 15.4. The summed E-state index contributed by atoms with van der Waals surface area (Å²) in [6, 6.07) is 15.5. The number of benzene rings is 2. The van der Waals surface area contributed by atoms with Crippen LogP contribution in [-0.4, -0.2) is 47.0 Å². The fraction of sp³-hybridized carbons (Fsp3) is 0.333. The number of carbonyl (C=O) groups excluding carboxylic acids is 2. The van der Waals surface area contributed by atoms with Gasteiger partial charge in [0.15, 0.2) is 0 Å². The third kappa shape index (κ3) is 6.61. The third-order valence-electron chi connectivity index (χ3n) is 7.47. The molecule has 6 N–H and O–H groups in total. The number of aromatic nitrogens is 1. The first-order valence-corrected chi connectivity index (χ1v) is 13.1. The van der Waals surface area contributed by atoms with E-state index < -0.39 is 23.8 Å². The van der Waals surface area contributed by atoms with Crippen molar-refractivity contribution in [1.29, 1.82) is 0 Å². The van der Waals surface area contributed by atoms with Crippen LogP contribution in [0.4, 0.5) is 5.69 Å². The molecule has 2 heterocycles. The molecule has 1 aliphatic heterocycles. The number of hydrogen-bond acceptors (Lipinski definition) is 6. The molecule has 2 amide bonds. The van der Waals surface area contributed by atoms with E-state index in [1.165, 1.54) is 12.1 Å². The Kier molecular flexibility index (Phi) is 8.61. The van der Waals surface area contributed by atoms with Crippen molar-refractivity contribution >= 4 is 23.5 Å². The molecular formula is C30H35N5O4. The molecule has 4 rings (SSSR count). The molecule has 2 unspecified atom stereocenters. The summed E-state index contributed by atoms with van der Waals surface area (Å²) in [6.45, 7) is 5.15. The topological polar surface area (TPSA) is 152 Å². The lowest BCUT2D eigenvalue weighted by molar-refractivity contribution is -0.139. The highest BCUT2D eigenvalue weighted by Crippen LogP contribution is 2.30. The molecule has 39 heavy (non-hydrogen) atoms. The van der Waals surface area contributed by atoms with Gasteiger partial charge in [-0.2, -0.15) is 0 Å². The number of aryl methyl sites for hydroxylation is 2. The standard InChI is InChI=1S/C30H35N5O4/c1-18-15-22(28(32)36)16-19(2)26(18)29(37)34-25(30(38)39)17-20-6-8-23(9-7-20)35-13-10-21(11-14-35)27(31)24-5-3-4-12-33-24/h3-9,12,15-16,21,25,27H,10-11,13-14,17,31H2,1-2H3,(H2,32,36)(H,34,37)(H,38,39). The van der Waals surface area contributed by atoms with Gasteiger partial charge in [0.25, 0.3) is 5.91 Å². The predicted octanol–water partition coefficient (Wildman–Crippen LogP) is 3.14. The second-order valence-electron chi connectivity index (χ2n) is 10.2. The Morgan fingerprint density at radius 3 is 2.23 bits per heavy atom. The molecule has 9 nitrogen and oxygen atoms in total. The van der Waals surface area contributed by atoms with Gasteiger partial charge in [-0.1, -0.05) is 18.2 Å². The summed E-state index contributed by atoms with van der Waals surface area (Å²) in [7, 11) is 0. The molecule has 0 bridgehead atoms. The minimum absolute atomic E-state index is 0.0763. The predicted molar refractivity (Wildman–Crippen MR) is 150 cm³/mol. The number of carboxylic acids is 1. The number of primary amides is 1. The monoisotopic (exact) mass is 529 g/mol. The molecule has 1 saturated heterocycles. The molecule has 1 aliphatic rings. The average Bonchev–Trinajstić information content (AvgIpc) is 2.92. The molecule has 2 aromatic carbocycles. The Morgan fingerprint density at radius 2 is 1.69 bits per heavy atom. The first kappa shape index (κ1) is 27.8. The number of nitrogens with two attached hydrogens (primary N) is 2. The molecular weight excluding hydrogens is 494 g/mol. The number of nitrogens with one attached hydrogen (secondary N) is 1. The number of amides is 2. The van der Waals surface area contributed by atoms with Gasteiger partial charge in [0.2, 0.25) is 5.91 Å². The minimum atomic E-state index is -1.12. The molecule has 0 aliphatic carbocycles. The second kappa shape index (κ2) is 12.1. The number of pyridine rings is 1. The third-order valence-corrected chi connectivity index (χ3v) is 7.47. The highest BCUT2D eigenvalue weighted by Gasteiger charge is 2.27. The van der Waals surface area contributed by atoms with Crippen molar-refractivity contribution in [1.82, 2.24) is 10.3 Å². The van der Waals surface area contributed by atoms with Crippen LogP contribution in [0.3, 0.4) is 0 Å². The fourth-order valence-corrected chi connectivity index (χ4v) is 5.30. The first-order valence-electron chi connectivity index (χ1n) is 13.1. The van der Waals surface area contributed by atoms with E-state index in [1.807, 2.05) is 42.5 Å². The van der Waals surface area contributed by atoms with Crippen LogP contribution >= 0.6 is 0 Å². The van der Waals surface area contributed by atoms with Gasteiger partial charge >= 0.3 is 5.97 Å². The quantitative estimate of drug-likeness (QED) is 0.332. The number of rotatable bonds is 9. The Bertz CT molecular complexity index is 1310. The van der Waals surface area contributed by atoms with E-state index in [9.17, 15) is 19.5 Å². The van der Waals surface area contributed by atoms with Crippen molar-refractivity contribution in [2.75, 3.05) is 18.0 Å². The zero-order valence-corrected chi connectivity index (χ0v) is 22.3. The summed E-state index contributed by atoms with van der Waals surface area (Å²) in [6.07, 6.45) is 3.84. The van der Waals surface area contributed by atoms with Gasteiger partial charge < -0.3 is 26.8 Å². The van der Waals surface area contributed by atoms with Crippen molar-refractivity contribution < 1.29 is 19.5 Å². The molecule has 3 aromatic rings. The summed E-state index contributed by atoms with van der Waals surface area (Å²) in [5.74, 6) is -1.84. The van der Waals surface area contributed by atoms with E-state index in [2.05, 4.69) is 15.2 Å². The van der Waals surface area contributed by atoms with Gasteiger partial charge in [-0.05, 0) is 85.7 Å².